The number of benzene rings is 1. The number of piperidine rings is 1. The van der Waals surface area contributed by atoms with Crippen molar-refractivity contribution in [3.8, 4) is 0 Å². The van der Waals surface area contributed by atoms with Gasteiger partial charge in [-0.05, 0) is 24.6 Å². The maximum atomic E-state index is 12.2. The lowest BCUT2D eigenvalue weighted by molar-refractivity contribution is -0.181. The van der Waals surface area contributed by atoms with Crippen molar-refractivity contribution in [1.29, 1.82) is 0 Å². The minimum absolute atomic E-state index is 0.0524. The molecule has 0 saturated carbocycles. The van der Waals surface area contributed by atoms with Crippen molar-refractivity contribution in [3.05, 3.63) is 29.8 Å². The van der Waals surface area contributed by atoms with Crippen LogP contribution in [0.15, 0.2) is 24.3 Å². The molecule has 5 nitrogen and oxygen atoms in total. The molecular weight excluding hydrogens is 256 g/mol. The summed E-state index contributed by atoms with van der Waals surface area (Å²) in [5, 5.41) is 2.94. The van der Waals surface area contributed by atoms with Gasteiger partial charge in [0.05, 0.1) is 13.2 Å². The van der Waals surface area contributed by atoms with Crippen LogP contribution in [-0.4, -0.2) is 43.0 Å². The molecule has 3 rings (SSSR count). The Bertz CT molecular complexity index is 488. The van der Waals surface area contributed by atoms with Crippen LogP contribution in [0.3, 0.4) is 0 Å². The zero-order chi connectivity index (χ0) is 14.0. The predicted octanol–water partition coefficient (Wildman–Crippen LogP) is 2.37. The summed E-state index contributed by atoms with van der Waals surface area (Å²) in [6.45, 7) is 4.66. The lowest BCUT2D eigenvalue weighted by atomic mass is 10.0. The molecule has 2 amide bonds. The summed E-state index contributed by atoms with van der Waals surface area (Å²) in [6, 6.07) is 7.76. The molecule has 0 aliphatic carbocycles. The third kappa shape index (κ3) is 2.78. The van der Waals surface area contributed by atoms with Gasteiger partial charge in [-0.3, -0.25) is 0 Å². The molecular formula is C15H20N2O3. The fourth-order valence-electron chi connectivity index (χ4n) is 2.76. The van der Waals surface area contributed by atoms with E-state index in [0.29, 0.717) is 26.3 Å². The number of urea groups is 1. The highest BCUT2D eigenvalue weighted by Crippen LogP contribution is 2.31. The number of carbonyl (C=O) groups is 1. The Morgan fingerprint density at radius 1 is 1.25 bits per heavy atom. The number of anilines is 1. The number of amides is 2. The Morgan fingerprint density at radius 3 is 2.60 bits per heavy atom. The standard InChI is InChI=1S/C15H20N2O3/c1-12-3-2-4-13(11-12)16-14(18)17-7-5-15(6-8-17)19-9-10-20-15/h2-4,11H,5-10H2,1H3,(H,16,18). The zero-order valence-electron chi connectivity index (χ0n) is 11.7. The van der Waals surface area contributed by atoms with E-state index in [2.05, 4.69) is 5.32 Å². The van der Waals surface area contributed by atoms with Crippen LogP contribution < -0.4 is 5.32 Å². The van der Waals surface area contributed by atoms with Gasteiger partial charge in [0.2, 0.25) is 0 Å². The number of hydrogen-bond acceptors (Lipinski definition) is 3. The highest BCUT2D eigenvalue weighted by Gasteiger charge is 2.40. The fourth-order valence-corrected chi connectivity index (χ4v) is 2.76. The van der Waals surface area contributed by atoms with E-state index in [4.69, 9.17) is 9.47 Å². The molecule has 5 heteroatoms. The summed E-state index contributed by atoms with van der Waals surface area (Å²) in [7, 11) is 0. The Labute approximate surface area is 118 Å². The molecule has 0 aromatic heterocycles. The zero-order valence-corrected chi connectivity index (χ0v) is 11.7. The van der Waals surface area contributed by atoms with Crippen molar-refractivity contribution < 1.29 is 14.3 Å². The average molecular weight is 276 g/mol. The first kappa shape index (κ1) is 13.4. The summed E-state index contributed by atoms with van der Waals surface area (Å²) in [5.41, 5.74) is 1.97. The molecule has 0 atom stereocenters. The highest BCUT2D eigenvalue weighted by atomic mass is 16.7. The SMILES string of the molecule is Cc1cccc(NC(=O)N2CCC3(CC2)OCCO3)c1. The fraction of sp³-hybridized carbons (Fsp3) is 0.533. The van der Waals surface area contributed by atoms with Gasteiger partial charge in [-0.1, -0.05) is 12.1 Å². The third-order valence-electron chi connectivity index (χ3n) is 3.90. The van der Waals surface area contributed by atoms with Crippen LogP contribution in [0.2, 0.25) is 0 Å². The summed E-state index contributed by atoms with van der Waals surface area (Å²) in [5.74, 6) is -0.430. The Morgan fingerprint density at radius 2 is 1.95 bits per heavy atom. The number of hydrogen-bond donors (Lipinski definition) is 1. The molecule has 2 aliphatic heterocycles. The molecule has 2 fully saturated rings. The smallest absolute Gasteiger partial charge is 0.321 e. The van der Waals surface area contributed by atoms with Crippen molar-refractivity contribution in [3.63, 3.8) is 0 Å². The van der Waals surface area contributed by atoms with Crippen LogP contribution in [0.1, 0.15) is 18.4 Å². The van der Waals surface area contributed by atoms with Gasteiger partial charge in [0.1, 0.15) is 0 Å². The molecule has 1 aromatic rings. The summed E-state index contributed by atoms with van der Waals surface area (Å²) in [6.07, 6.45) is 1.49. The average Bonchev–Trinajstić information content (AvgIpc) is 2.88. The van der Waals surface area contributed by atoms with Gasteiger partial charge in [-0.2, -0.15) is 0 Å². The molecule has 1 spiro atoms. The van der Waals surface area contributed by atoms with Crippen LogP contribution in [-0.2, 0) is 9.47 Å². The number of carbonyl (C=O) groups excluding carboxylic acids is 1. The summed E-state index contributed by atoms with van der Waals surface area (Å²) >= 11 is 0. The van der Waals surface area contributed by atoms with Crippen LogP contribution in [0, 0.1) is 6.92 Å². The molecule has 0 bridgehead atoms. The van der Waals surface area contributed by atoms with Crippen molar-refractivity contribution in [1.82, 2.24) is 4.90 Å². The Kier molecular flexibility index (Phi) is 3.63. The number of ether oxygens (including phenoxy) is 2. The summed E-state index contributed by atoms with van der Waals surface area (Å²) < 4.78 is 11.3. The number of aryl methyl sites for hydroxylation is 1. The molecule has 1 aromatic carbocycles. The third-order valence-corrected chi connectivity index (χ3v) is 3.90. The van der Waals surface area contributed by atoms with Gasteiger partial charge in [0.15, 0.2) is 5.79 Å². The maximum Gasteiger partial charge on any atom is 0.321 e. The minimum Gasteiger partial charge on any atom is -0.347 e. The first-order valence-corrected chi connectivity index (χ1v) is 7.07. The van der Waals surface area contributed by atoms with Crippen LogP contribution in [0.5, 0.6) is 0 Å². The lowest BCUT2D eigenvalue weighted by Gasteiger charge is -2.37. The van der Waals surface area contributed by atoms with Crippen molar-refractivity contribution in [2.24, 2.45) is 0 Å². The van der Waals surface area contributed by atoms with Crippen molar-refractivity contribution >= 4 is 11.7 Å². The largest absolute Gasteiger partial charge is 0.347 e. The molecule has 0 unspecified atom stereocenters. The van der Waals surface area contributed by atoms with Gasteiger partial charge >= 0.3 is 6.03 Å². The first-order chi connectivity index (χ1) is 9.67. The molecule has 2 heterocycles. The second-order valence-electron chi connectivity index (χ2n) is 5.39. The summed E-state index contributed by atoms with van der Waals surface area (Å²) in [4.78, 5) is 14.0. The van der Waals surface area contributed by atoms with E-state index in [1.807, 2.05) is 36.1 Å². The van der Waals surface area contributed by atoms with Gasteiger partial charge in [0.25, 0.3) is 0 Å². The van der Waals surface area contributed by atoms with Crippen molar-refractivity contribution in [2.75, 3.05) is 31.6 Å². The van der Waals surface area contributed by atoms with Gasteiger partial charge in [-0.15, -0.1) is 0 Å². The second kappa shape index (κ2) is 5.42. The minimum atomic E-state index is -0.430. The topological polar surface area (TPSA) is 50.8 Å². The quantitative estimate of drug-likeness (QED) is 0.856. The van der Waals surface area contributed by atoms with E-state index in [0.717, 1.165) is 24.1 Å². The molecule has 0 radical (unpaired) electrons. The molecule has 1 N–H and O–H groups in total. The monoisotopic (exact) mass is 276 g/mol. The van der Waals surface area contributed by atoms with E-state index in [-0.39, 0.29) is 6.03 Å². The number of likely N-dealkylation sites (tertiary alicyclic amines) is 1. The van der Waals surface area contributed by atoms with Crippen LogP contribution in [0.25, 0.3) is 0 Å². The molecule has 20 heavy (non-hydrogen) atoms. The Hall–Kier alpha value is -1.59. The number of nitrogens with one attached hydrogen (secondary N) is 1. The highest BCUT2D eigenvalue weighted by molar-refractivity contribution is 5.89. The van der Waals surface area contributed by atoms with Crippen molar-refractivity contribution in [2.45, 2.75) is 25.6 Å². The number of rotatable bonds is 1. The lowest BCUT2D eigenvalue weighted by Crippen LogP contribution is -2.48. The first-order valence-electron chi connectivity index (χ1n) is 7.07. The second-order valence-corrected chi connectivity index (χ2v) is 5.39. The predicted molar refractivity (Wildman–Crippen MR) is 75.6 cm³/mol. The van der Waals surface area contributed by atoms with Crippen LogP contribution >= 0.6 is 0 Å². The molecule has 108 valence electrons. The van der Waals surface area contributed by atoms with E-state index in [1.165, 1.54) is 0 Å². The van der Waals surface area contributed by atoms with E-state index >= 15 is 0 Å². The normalized spacial score (nSPS) is 21.1. The van der Waals surface area contributed by atoms with E-state index in [9.17, 15) is 4.79 Å². The van der Waals surface area contributed by atoms with Gasteiger partial charge in [0, 0.05) is 31.6 Å². The number of nitrogens with zero attached hydrogens (tertiary/aromatic N) is 1. The Balaban J connectivity index is 1.56. The van der Waals surface area contributed by atoms with Gasteiger partial charge < -0.3 is 19.7 Å². The van der Waals surface area contributed by atoms with E-state index in [1.54, 1.807) is 0 Å². The molecule has 2 aliphatic rings. The molecule has 2 saturated heterocycles. The van der Waals surface area contributed by atoms with E-state index < -0.39 is 5.79 Å². The van der Waals surface area contributed by atoms with Crippen LogP contribution in [0.4, 0.5) is 10.5 Å². The maximum absolute atomic E-state index is 12.2. The van der Waals surface area contributed by atoms with Gasteiger partial charge in [-0.25, -0.2) is 4.79 Å².